The number of carboxylic acid groups (broad SMARTS) is 1. The number of aromatic carboxylic acids is 1. The van der Waals surface area contributed by atoms with Gasteiger partial charge in [0.2, 0.25) is 0 Å². The van der Waals surface area contributed by atoms with Crippen LogP contribution in [0.1, 0.15) is 10.4 Å². The summed E-state index contributed by atoms with van der Waals surface area (Å²) in [5.74, 6) is -0.954. The molecule has 0 aromatic heterocycles. The number of nitrogens with one attached hydrogen (secondary N) is 1. The lowest BCUT2D eigenvalue weighted by molar-refractivity contribution is 0.0694. The summed E-state index contributed by atoms with van der Waals surface area (Å²) in [5.41, 5.74) is 0.537. The summed E-state index contributed by atoms with van der Waals surface area (Å²) in [4.78, 5) is 10.5. The molecule has 4 nitrogen and oxygen atoms in total. The maximum atomic E-state index is 10.5. The van der Waals surface area contributed by atoms with Gasteiger partial charge in [-0.05, 0) is 12.1 Å². The zero-order valence-corrected chi connectivity index (χ0v) is 8.08. The molecule has 0 aliphatic heterocycles. The Morgan fingerprint density at radius 1 is 1.50 bits per heavy atom. The number of phenols is 1. The summed E-state index contributed by atoms with van der Waals surface area (Å²) in [6, 6.07) is 4.28. The lowest BCUT2D eigenvalue weighted by atomic mass is 10.2. The summed E-state index contributed by atoms with van der Waals surface area (Å²) in [5, 5.41) is 20.9. The quantitative estimate of drug-likeness (QED) is 0.670. The highest BCUT2D eigenvalue weighted by Crippen LogP contribution is 2.21. The van der Waals surface area contributed by atoms with E-state index in [1.54, 1.807) is 6.07 Å². The predicted molar refractivity (Wildman–Crippen MR) is 54.3 cm³/mol. The number of hydrogen-bond acceptors (Lipinski definition) is 3. The van der Waals surface area contributed by atoms with Crippen LogP contribution in [0.5, 0.6) is 5.75 Å². The number of alkyl halides is 1. The monoisotopic (exact) mass is 215 g/mol. The molecule has 0 aliphatic rings. The van der Waals surface area contributed by atoms with Gasteiger partial charge in [-0.1, -0.05) is 0 Å². The molecule has 76 valence electrons. The highest BCUT2D eigenvalue weighted by molar-refractivity contribution is 6.18. The molecule has 14 heavy (non-hydrogen) atoms. The van der Waals surface area contributed by atoms with Crippen molar-refractivity contribution in [2.75, 3.05) is 17.7 Å². The van der Waals surface area contributed by atoms with Crippen LogP contribution in [0.4, 0.5) is 5.69 Å². The van der Waals surface area contributed by atoms with Gasteiger partial charge in [-0.2, -0.15) is 0 Å². The first kappa shape index (κ1) is 10.7. The smallest absolute Gasteiger partial charge is 0.339 e. The number of halogens is 1. The highest BCUT2D eigenvalue weighted by atomic mass is 35.5. The van der Waals surface area contributed by atoms with E-state index in [0.29, 0.717) is 18.1 Å². The molecule has 0 atom stereocenters. The van der Waals surface area contributed by atoms with Crippen molar-refractivity contribution in [3.63, 3.8) is 0 Å². The van der Waals surface area contributed by atoms with Gasteiger partial charge in [0, 0.05) is 24.2 Å². The fourth-order valence-electron chi connectivity index (χ4n) is 1.01. The molecule has 0 saturated heterocycles. The maximum Gasteiger partial charge on any atom is 0.339 e. The molecular formula is C9H10ClNO3. The third-order valence-corrected chi connectivity index (χ3v) is 1.84. The second-order valence-corrected chi connectivity index (χ2v) is 3.03. The van der Waals surface area contributed by atoms with Crippen LogP contribution >= 0.6 is 11.6 Å². The number of aromatic hydroxyl groups is 1. The van der Waals surface area contributed by atoms with Crippen LogP contribution in [-0.2, 0) is 0 Å². The Bertz CT molecular complexity index is 341. The van der Waals surface area contributed by atoms with E-state index in [2.05, 4.69) is 5.32 Å². The van der Waals surface area contributed by atoms with Crippen LogP contribution in [0.15, 0.2) is 18.2 Å². The Kier molecular flexibility index (Phi) is 3.59. The molecule has 5 heteroatoms. The first-order valence-corrected chi connectivity index (χ1v) is 4.54. The first-order valence-electron chi connectivity index (χ1n) is 4.01. The number of anilines is 1. The lowest BCUT2D eigenvalue weighted by Crippen LogP contribution is -2.03. The van der Waals surface area contributed by atoms with Crippen molar-refractivity contribution in [2.45, 2.75) is 0 Å². The second kappa shape index (κ2) is 4.72. The molecule has 1 aromatic rings. The van der Waals surface area contributed by atoms with E-state index in [-0.39, 0.29) is 11.3 Å². The Balaban J connectivity index is 2.83. The Labute approximate surface area is 86.1 Å². The summed E-state index contributed by atoms with van der Waals surface area (Å²) in [7, 11) is 0. The molecule has 3 N–H and O–H groups in total. The van der Waals surface area contributed by atoms with Crippen LogP contribution in [0.25, 0.3) is 0 Å². The number of hydrogen-bond donors (Lipinski definition) is 3. The fraction of sp³-hybridized carbons (Fsp3) is 0.222. The molecular weight excluding hydrogens is 206 g/mol. The highest BCUT2D eigenvalue weighted by Gasteiger charge is 2.08. The fourth-order valence-corrected chi connectivity index (χ4v) is 1.11. The van der Waals surface area contributed by atoms with Gasteiger partial charge >= 0.3 is 5.97 Å². The molecule has 0 amide bonds. The van der Waals surface area contributed by atoms with Crippen molar-refractivity contribution in [2.24, 2.45) is 0 Å². The second-order valence-electron chi connectivity index (χ2n) is 2.65. The normalized spacial score (nSPS) is 9.79. The number of carbonyl (C=O) groups is 1. The average Bonchev–Trinajstić information content (AvgIpc) is 2.14. The van der Waals surface area contributed by atoms with E-state index in [9.17, 15) is 9.90 Å². The summed E-state index contributed by atoms with van der Waals surface area (Å²) in [6.45, 7) is 0.563. The molecule has 1 rings (SSSR count). The number of benzene rings is 1. The van der Waals surface area contributed by atoms with Gasteiger partial charge in [-0.25, -0.2) is 4.79 Å². The SMILES string of the molecule is O=C(O)c1ccc(NCCCl)cc1O. The molecule has 0 unspecified atom stereocenters. The molecule has 0 aliphatic carbocycles. The molecule has 1 aromatic carbocycles. The van der Waals surface area contributed by atoms with E-state index >= 15 is 0 Å². The largest absolute Gasteiger partial charge is 0.507 e. The van der Waals surface area contributed by atoms with Crippen molar-refractivity contribution in [1.82, 2.24) is 0 Å². The molecule has 0 bridgehead atoms. The van der Waals surface area contributed by atoms with Gasteiger partial charge in [0.25, 0.3) is 0 Å². The lowest BCUT2D eigenvalue weighted by Gasteiger charge is -2.05. The molecule has 0 heterocycles. The zero-order valence-electron chi connectivity index (χ0n) is 7.33. The van der Waals surface area contributed by atoms with E-state index < -0.39 is 5.97 Å². The van der Waals surface area contributed by atoms with Crippen molar-refractivity contribution in [3.8, 4) is 5.75 Å². The van der Waals surface area contributed by atoms with Crippen LogP contribution in [0.2, 0.25) is 0 Å². The Morgan fingerprint density at radius 3 is 2.71 bits per heavy atom. The number of rotatable bonds is 4. The maximum absolute atomic E-state index is 10.5. The average molecular weight is 216 g/mol. The van der Waals surface area contributed by atoms with Crippen molar-refractivity contribution < 1.29 is 15.0 Å². The van der Waals surface area contributed by atoms with E-state index in [1.165, 1.54) is 12.1 Å². The third kappa shape index (κ3) is 2.53. The van der Waals surface area contributed by atoms with Gasteiger partial charge in [0.15, 0.2) is 0 Å². The molecule has 0 radical (unpaired) electrons. The minimum absolute atomic E-state index is 0.110. The van der Waals surface area contributed by atoms with E-state index in [1.807, 2.05) is 0 Å². The topological polar surface area (TPSA) is 69.6 Å². The van der Waals surface area contributed by atoms with Gasteiger partial charge in [-0.3, -0.25) is 0 Å². The minimum atomic E-state index is -1.15. The summed E-state index contributed by atoms with van der Waals surface area (Å²) in [6.07, 6.45) is 0. The molecule has 0 spiro atoms. The van der Waals surface area contributed by atoms with Gasteiger partial charge in [0.1, 0.15) is 11.3 Å². The summed E-state index contributed by atoms with van der Waals surface area (Å²) < 4.78 is 0. The molecule has 0 fully saturated rings. The van der Waals surface area contributed by atoms with E-state index in [0.717, 1.165) is 0 Å². The van der Waals surface area contributed by atoms with Crippen molar-refractivity contribution in [1.29, 1.82) is 0 Å². The minimum Gasteiger partial charge on any atom is -0.507 e. The standard InChI is InChI=1S/C9H10ClNO3/c10-3-4-11-6-1-2-7(9(13)14)8(12)5-6/h1-2,5,11-12H,3-4H2,(H,13,14). The number of carboxylic acids is 1. The van der Waals surface area contributed by atoms with Crippen molar-refractivity contribution in [3.05, 3.63) is 23.8 Å². The first-order chi connectivity index (χ1) is 6.65. The van der Waals surface area contributed by atoms with Gasteiger partial charge in [-0.15, -0.1) is 11.6 Å². The predicted octanol–water partition coefficient (Wildman–Crippen LogP) is 1.74. The van der Waals surface area contributed by atoms with Crippen LogP contribution in [0, 0.1) is 0 Å². The van der Waals surface area contributed by atoms with Gasteiger partial charge < -0.3 is 15.5 Å². The Hall–Kier alpha value is -1.42. The van der Waals surface area contributed by atoms with Crippen LogP contribution < -0.4 is 5.32 Å². The zero-order chi connectivity index (χ0) is 10.6. The van der Waals surface area contributed by atoms with Crippen LogP contribution in [0.3, 0.4) is 0 Å². The van der Waals surface area contributed by atoms with Crippen molar-refractivity contribution >= 4 is 23.3 Å². The van der Waals surface area contributed by atoms with Crippen LogP contribution in [-0.4, -0.2) is 28.6 Å². The Morgan fingerprint density at radius 2 is 2.21 bits per heavy atom. The van der Waals surface area contributed by atoms with Gasteiger partial charge in [0.05, 0.1) is 0 Å². The van der Waals surface area contributed by atoms with E-state index in [4.69, 9.17) is 16.7 Å². The molecule has 0 saturated carbocycles. The third-order valence-electron chi connectivity index (χ3n) is 1.65. The summed E-state index contributed by atoms with van der Waals surface area (Å²) >= 11 is 5.45.